The molecule has 2 nitrogen and oxygen atoms in total. The van der Waals surface area contributed by atoms with Crippen LogP contribution in [0.2, 0.25) is 0 Å². The fraction of sp³-hybridized carbons (Fsp3) is 0.143. The Morgan fingerprint density at radius 3 is 2.00 bits per heavy atom. The summed E-state index contributed by atoms with van der Waals surface area (Å²) in [6.07, 6.45) is -4.76. The summed E-state index contributed by atoms with van der Waals surface area (Å²) in [5.41, 5.74) is 0.264. The summed E-state index contributed by atoms with van der Waals surface area (Å²) in [5.74, 6) is -1.76. The Morgan fingerprint density at radius 1 is 0.905 bits per heavy atom. The zero-order valence-electron chi connectivity index (χ0n) is 10.5. The molecule has 7 heteroatoms. The van der Waals surface area contributed by atoms with Gasteiger partial charge >= 0.3 is 6.36 Å². The minimum atomic E-state index is -4.76. The van der Waals surface area contributed by atoms with Crippen molar-refractivity contribution < 1.29 is 26.7 Å². The molecule has 0 saturated heterocycles. The van der Waals surface area contributed by atoms with E-state index in [2.05, 4.69) is 10.1 Å². The first-order chi connectivity index (χ1) is 9.85. The highest BCUT2D eigenvalue weighted by molar-refractivity contribution is 5.47. The van der Waals surface area contributed by atoms with Crippen LogP contribution >= 0.6 is 0 Å². The molecule has 0 bridgehead atoms. The number of hydrogen-bond acceptors (Lipinski definition) is 2. The Labute approximate surface area is 117 Å². The third-order valence-corrected chi connectivity index (χ3v) is 2.62. The Balaban J connectivity index is 2.01. The van der Waals surface area contributed by atoms with Gasteiger partial charge in [-0.3, -0.25) is 0 Å². The van der Waals surface area contributed by atoms with Gasteiger partial charge in [-0.2, -0.15) is 0 Å². The van der Waals surface area contributed by atoms with E-state index in [1.54, 1.807) is 0 Å². The predicted octanol–water partition coefficient (Wildman–Crippen LogP) is 4.48. The van der Waals surface area contributed by atoms with E-state index in [0.717, 1.165) is 24.3 Å². The van der Waals surface area contributed by atoms with Gasteiger partial charge in [-0.15, -0.1) is 13.2 Å². The van der Waals surface area contributed by atoms with Crippen molar-refractivity contribution in [1.29, 1.82) is 0 Å². The molecule has 112 valence electrons. The molecule has 0 amide bonds. The molecule has 0 aliphatic rings. The van der Waals surface area contributed by atoms with Gasteiger partial charge in [0.15, 0.2) is 0 Å². The Bertz CT molecular complexity index is 590. The van der Waals surface area contributed by atoms with Crippen molar-refractivity contribution in [2.75, 3.05) is 5.32 Å². The zero-order valence-corrected chi connectivity index (χ0v) is 10.5. The van der Waals surface area contributed by atoms with Crippen LogP contribution in [0.25, 0.3) is 0 Å². The van der Waals surface area contributed by atoms with Gasteiger partial charge in [0.1, 0.15) is 17.4 Å². The summed E-state index contributed by atoms with van der Waals surface area (Å²) in [5, 5.41) is 2.72. The van der Waals surface area contributed by atoms with E-state index in [-0.39, 0.29) is 17.9 Å². The molecular formula is C14H10F5NO. The number of ether oxygens (including phenoxy) is 1. The Hall–Kier alpha value is -2.31. The van der Waals surface area contributed by atoms with Crippen LogP contribution in [0.3, 0.4) is 0 Å². The van der Waals surface area contributed by atoms with E-state index in [1.807, 2.05) is 0 Å². The lowest BCUT2D eigenvalue weighted by atomic mass is 10.2. The molecule has 2 aromatic rings. The Morgan fingerprint density at radius 2 is 1.48 bits per heavy atom. The first-order valence-electron chi connectivity index (χ1n) is 5.88. The minimum absolute atomic E-state index is 0.127. The SMILES string of the molecule is Fc1cccc(F)c1CNc1ccc(OC(F)(F)F)cc1. The van der Waals surface area contributed by atoms with E-state index in [9.17, 15) is 22.0 Å². The maximum absolute atomic E-state index is 13.4. The molecule has 0 fully saturated rings. The van der Waals surface area contributed by atoms with Crippen LogP contribution in [0.1, 0.15) is 5.56 Å². The first-order valence-corrected chi connectivity index (χ1v) is 5.88. The number of alkyl halides is 3. The number of hydrogen-bond donors (Lipinski definition) is 1. The fourth-order valence-corrected chi connectivity index (χ4v) is 1.67. The highest BCUT2D eigenvalue weighted by atomic mass is 19.4. The van der Waals surface area contributed by atoms with E-state index in [1.165, 1.54) is 18.2 Å². The Kier molecular flexibility index (Phi) is 4.30. The molecule has 0 aliphatic heterocycles. The second-order valence-electron chi connectivity index (χ2n) is 4.13. The smallest absolute Gasteiger partial charge is 0.406 e. The molecule has 0 heterocycles. The molecule has 21 heavy (non-hydrogen) atoms. The average Bonchev–Trinajstić information content (AvgIpc) is 2.38. The van der Waals surface area contributed by atoms with Crippen molar-refractivity contribution in [3.05, 3.63) is 59.7 Å². The fourth-order valence-electron chi connectivity index (χ4n) is 1.67. The first kappa shape index (κ1) is 15.1. The van der Waals surface area contributed by atoms with Crippen molar-refractivity contribution in [3.8, 4) is 5.75 Å². The van der Waals surface area contributed by atoms with Crippen LogP contribution in [-0.2, 0) is 6.54 Å². The molecule has 2 aromatic carbocycles. The molecule has 0 saturated carbocycles. The van der Waals surface area contributed by atoms with Gasteiger partial charge in [0.2, 0.25) is 0 Å². The van der Waals surface area contributed by atoms with Gasteiger partial charge in [0.25, 0.3) is 0 Å². The normalized spacial score (nSPS) is 11.3. The number of anilines is 1. The van der Waals surface area contributed by atoms with Gasteiger partial charge < -0.3 is 10.1 Å². The summed E-state index contributed by atoms with van der Waals surface area (Å²) >= 11 is 0. The lowest BCUT2D eigenvalue weighted by Gasteiger charge is -2.11. The molecular weight excluding hydrogens is 293 g/mol. The summed E-state index contributed by atoms with van der Waals surface area (Å²) in [6.45, 7) is -0.127. The largest absolute Gasteiger partial charge is 0.573 e. The van der Waals surface area contributed by atoms with Crippen LogP contribution < -0.4 is 10.1 Å². The predicted molar refractivity (Wildman–Crippen MR) is 66.8 cm³/mol. The zero-order chi connectivity index (χ0) is 15.5. The van der Waals surface area contributed by atoms with Crippen LogP contribution in [0.5, 0.6) is 5.75 Å². The number of benzene rings is 2. The highest BCUT2D eigenvalue weighted by Gasteiger charge is 2.30. The lowest BCUT2D eigenvalue weighted by molar-refractivity contribution is -0.274. The quantitative estimate of drug-likeness (QED) is 0.841. The summed E-state index contributed by atoms with van der Waals surface area (Å²) in [6, 6.07) is 8.35. The van der Waals surface area contributed by atoms with Crippen molar-refractivity contribution in [1.82, 2.24) is 0 Å². The van der Waals surface area contributed by atoms with Crippen LogP contribution in [0.15, 0.2) is 42.5 Å². The maximum atomic E-state index is 13.4. The highest BCUT2D eigenvalue weighted by Crippen LogP contribution is 2.24. The summed E-state index contributed by atoms with van der Waals surface area (Å²) < 4.78 is 66.4. The van der Waals surface area contributed by atoms with Gasteiger partial charge in [-0.05, 0) is 36.4 Å². The van der Waals surface area contributed by atoms with Gasteiger partial charge in [0.05, 0.1) is 0 Å². The monoisotopic (exact) mass is 303 g/mol. The van der Waals surface area contributed by atoms with Crippen molar-refractivity contribution in [2.24, 2.45) is 0 Å². The number of rotatable bonds is 4. The lowest BCUT2D eigenvalue weighted by Crippen LogP contribution is -2.17. The van der Waals surface area contributed by atoms with Gasteiger partial charge in [-0.25, -0.2) is 8.78 Å². The average molecular weight is 303 g/mol. The van der Waals surface area contributed by atoms with Crippen molar-refractivity contribution >= 4 is 5.69 Å². The molecule has 0 radical (unpaired) electrons. The van der Waals surface area contributed by atoms with E-state index in [0.29, 0.717) is 5.69 Å². The summed E-state index contributed by atoms with van der Waals surface area (Å²) in [4.78, 5) is 0. The number of halogens is 5. The van der Waals surface area contributed by atoms with Crippen molar-refractivity contribution in [3.63, 3.8) is 0 Å². The second kappa shape index (κ2) is 5.99. The van der Waals surface area contributed by atoms with Crippen LogP contribution in [-0.4, -0.2) is 6.36 Å². The molecule has 0 unspecified atom stereocenters. The van der Waals surface area contributed by atoms with E-state index < -0.39 is 18.0 Å². The molecule has 2 rings (SSSR count). The van der Waals surface area contributed by atoms with Crippen LogP contribution in [0.4, 0.5) is 27.6 Å². The minimum Gasteiger partial charge on any atom is -0.406 e. The topological polar surface area (TPSA) is 21.3 Å². The van der Waals surface area contributed by atoms with Gasteiger partial charge in [0, 0.05) is 17.8 Å². The van der Waals surface area contributed by atoms with E-state index >= 15 is 0 Å². The third kappa shape index (κ3) is 4.34. The number of nitrogens with one attached hydrogen (secondary N) is 1. The second-order valence-corrected chi connectivity index (χ2v) is 4.13. The molecule has 0 aromatic heterocycles. The van der Waals surface area contributed by atoms with E-state index in [4.69, 9.17) is 0 Å². The molecule has 1 N–H and O–H groups in total. The summed E-state index contributed by atoms with van der Waals surface area (Å²) in [7, 11) is 0. The molecule has 0 atom stereocenters. The third-order valence-electron chi connectivity index (χ3n) is 2.62. The van der Waals surface area contributed by atoms with Crippen LogP contribution in [0, 0.1) is 11.6 Å². The molecule has 0 spiro atoms. The van der Waals surface area contributed by atoms with Crippen molar-refractivity contribution in [2.45, 2.75) is 12.9 Å². The molecule has 0 aliphatic carbocycles. The maximum Gasteiger partial charge on any atom is 0.573 e. The standard InChI is InChI=1S/C14H10F5NO/c15-12-2-1-3-13(16)11(12)8-20-9-4-6-10(7-5-9)21-14(17,18)19/h1-7,20H,8H2. The van der Waals surface area contributed by atoms with Gasteiger partial charge in [-0.1, -0.05) is 6.07 Å².